The molecule has 0 bridgehead atoms. The minimum atomic E-state index is -0.530. The molecule has 0 N–H and O–H groups in total. The number of ether oxygens (including phenoxy) is 1. The van der Waals surface area contributed by atoms with Crippen molar-refractivity contribution in [2.24, 2.45) is 0 Å². The number of methoxy groups -OCH3 is 1. The number of thiophene rings is 1. The molecule has 5 heteroatoms. The number of halogens is 1. The summed E-state index contributed by atoms with van der Waals surface area (Å²) in [5.41, 5.74) is 0.804. The van der Waals surface area contributed by atoms with Gasteiger partial charge in [0, 0.05) is 4.88 Å². The molecule has 2 rings (SSSR count). The van der Waals surface area contributed by atoms with Crippen LogP contribution >= 0.6 is 11.3 Å². The molecular weight excluding hydrogens is 279 g/mol. The SMILES string of the molecule is COC(=O)Cc1ccc(C(=O)c2ccc(C)cc2F)s1. The number of hydrogen-bond donors (Lipinski definition) is 0. The number of rotatable bonds is 4. The van der Waals surface area contributed by atoms with Crippen molar-refractivity contribution in [1.29, 1.82) is 0 Å². The van der Waals surface area contributed by atoms with E-state index in [-0.39, 0.29) is 23.7 Å². The lowest BCUT2D eigenvalue weighted by Gasteiger charge is -2.01. The van der Waals surface area contributed by atoms with E-state index in [1.165, 1.54) is 30.6 Å². The smallest absolute Gasteiger partial charge is 0.310 e. The second-order valence-electron chi connectivity index (χ2n) is 4.33. The maximum absolute atomic E-state index is 13.8. The van der Waals surface area contributed by atoms with Crippen molar-refractivity contribution in [1.82, 2.24) is 0 Å². The highest BCUT2D eigenvalue weighted by atomic mass is 32.1. The molecule has 0 atom stereocenters. The molecular formula is C15H13FO3S. The summed E-state index contributed by atoms with van der Waals surface area (Å²) in [7, 11) is 1.31. The number of aryl methyl sites for hydroxylation is 1. The summed E-state index contributed by atoms with van der Waals surface area (Å²) in [6, 6.07) is 7.79. The highest BCUT2D eigenvalue weighted by Crippen LogP contribution is 2.22. The summed E-state index contributed by atoms with van der Waals surface area (Å²) in [5, 5.41) is 0. The van der Waals surface area contributed by atoms with Crippen LogP contribution in [0.15, 0.2) is 30.3 Å². The number of ketones is 1. The lowest BCUT2D eigenvalue weighted by molar-refractivity contribution is -0.139. The van der Waals surface area contributed by atoms with Crippen molar-refractivity contribution >= 4 is 23.1 Å². The van der Waals surface area contributed by atoms with E-state index in [4.69, 9.17) is 0 Å². The third-order valence-corrected chi connectivity index (χ3v) is 3.88. The fraction of sp³-hybridized carbons (Fsp3) is 0.200. The Bertz CT molecular complexity index is 661. The summed E-state index contributed by atoms with van der Waals surface area (Å²) in [6.45, 7) is 1.76. The lowest BCUT2D eigenvalue weighted by Crippen LogP contribution is -2.03. The van der Waals surface area contributed by atoms with Crippen molar-refractivity contribution in [2.75, 3.05) is 7.11 Å². The summed E-state index contributed by atoms with van der Waals surface area (Å²) in [6.07, 6.45) is 0.116. The van der Waals surface area contributed by atoms with Crippen molar-refractivity contribution in [3.63, 3.8) is 0 Å². The lowest BCUT2D eigenvalue weighted by atomic mass is 10.1. The van der Waals surface area contributed by atoms with Gasteiger partial charge in [0.15, 0.2) is 0 Å². The van der Waals surface area contributed by atoms with E-state index in [0.717, 1.165) is 5.56 Å². The molecule has 0 amide bonds. The van der Waals surface area contributed by atoms with Crippen LogP contribution in [0.1, 0.15) is 25.7 Å². The van der Waals surface area contributed by atoms with Crippen LogP contribution in [0, 0.1) is 12.7 Å². The minimum Gasteiger partial charge on any atom is -0.469 e. The molecule has 1 aromatic heterocycles. The van der Waals surface area contributed by atoms with Gasteiger partial charge >= 0.3 is 5.97 Å². The van der Waals surface area contributed by atoms with Crippen LogP contribution in [0.5, 0.6) is 0 Å². The molecule has 1 heterocycles. The number of esters is 1. The zero-order chi connectivity index (χ0) is 14.7. The molecule has 0 aliphatic rings. The normalized spacial score (nSPS) is 10.3. The third-order valence-electron chi connectivity index (χ3n) is 2.80. The van der Waals surface area contributed by atoms with Gasteiger partial charge < -0.3 is 4.74 Å². The van der Waals surface area contributed by atoms with Crippen molar-refractivity contribution in [3.05, 3.63) is 57.0 Å². The first-order chi connectivity index (χ1) is 9.51. The molecule has 0 saturated heterocycles. The fourth-order valence-corrected chi connectivity index (χ4v) is 2.69. The zero-order valence-corrected chi connectivity index (χ0v) is 11.9. The van der Waals surface area contributed by atoms with Gasteiger partial charge in [-0.1, -0.05) is 6.07 Å². The summed E-state index contributed by atoms with van der Waals surface area (Å²) >= 11 is 1.18. The summed E-state index contributed by atoms with van der Waals surface area (Å²) < 4.78 is 18.3. The minimum absolute atomic E-state index is 0.0436. The average Bonchev–Trinajstić information content (AvgIpc) is 2.86. The Morgan fingerprint density at radius 1 is 1.25 bits per heavy atom. The largest absolute Gasteiger partial charge is 0.469 e. The van der Waals surface area contributed by atoms with E-state index in [0.29, 0.717) is 9.75 Å². The first kappa shape index (κ1) is 14.4. The quantitative estimate of drug-likeness (QED) is 0.642. The molecule has 1 aromatic carbocycles. The van der Waals surface area contributed by atoms with Gasteiger partial charge in [-0.05, 0) is 36.8 Å². The van der Waals surface area contributed by atoms with Crippen LogP contribution in [0.25, 0.3) is 0 Å². The Kier molecular flexibility index (Phi) is 4.29. The van der Waals surface area contributed by atoms with Crippen LogP contribution in [0.3, 0.4) is 0 Å². The molecule has 0 aliphatic carbocycles. The average molecular weight is 292 g/mol. The molecule has 0 saturated carbocycles. The molecule has 3 nitrogen and oxygen atoms in total. The van der Waals surface area contributed by atoms with E-state index < -0.39 is 5.82 Å². The van der Waals surface area contributed by atoms with Crippen molar-refractivity contribution in [3.8, 4) is 0 Å². The van der Waals surface area contributed by atoms with Crippen LogP contribution in [-0.2, 0) is 16.0 Å². The third kappa shape index (κ3) is 3.11. The second-order valence-corrected chi connectivity index (χ2v) is 5.50. The molecule has 0 unspecified atom stereocenters. The fourth-order valence-electron chi connectivity index (χ4n) is 1.75. The summed E-state index contributed by atoms with van der Waals surface area (Å²) in [4.78, 5) is 24.5. The Hall–Kier alpha value is -2.01. The maximum atomic E-state index is 13.8. The van der Waals surface area contributed by atoms with E-state index in [1.54, 1.807) is 25.1 Å². The van der Waals surface area contributed by atoms with E-state index in [1.807, 2.05) is 0 Å². The predicted octanol–water partition coefficient (Wildman–Crippen LogP) is 3.14. The van der Waals surface area contributed by atoms with Gasteiger partial charge in [-0.2, -0.15) is 0 Å². The Balaban J connectivity index is 2.23. The van der Waals surface area contributed by atoms with Gasteiger partial charge in [-0.25, -0.2) is 4.39 Å². The predicted molar refractivity (Wildman–Crippen MR) is 74.6 cm³/mol. The number of hydrogen-bond acceptors (Lipinski definition) is 4. The number of carbonyl (C=O) groups excluding carboxylic acids is 2. The van der Waals surface area contributed by atoms with Gasteiger partial charge in [0.2, 0.25) is 5.78 Å². The monoisotopic (exact) mass is 292 g/mol. The van der Waals surface area contributed by atoms with Gasteiger partial charge in [-0.3, -0.25) is 9.59 Å². The molecule has 0 fully saturated rings. The van der Waals surface area contributed by atoms with Crippen LogP contribution in [0.2, 0.25) is 0 Å². The van der Waals surface area contributed by atoms with E-state index in [2.05, 4.69) is 4.74 Å². The Morgan fingerprint density at radius 3 is 2.65 bits per heavy atom. The Labute approximate surface area is 120 Å². The molecule has 0 aliphatic heterocycles. The number of benzene rings is 1. The Morgan fingerprint density at radius 2 is 2.00 bits per heavy atom. The molecule has 2 aromatic rings. The highest BCUT2D eigenvalue weighted by molar-refractivity contribution is 7.14. The van der Waals surface area contributed by atoms with Crippen molar-refractivity contribution in [2.45, 2.75) is 13.3 Å². The van der Waals surface area contributed by atoms with E-state index in [9.17, 15) is 14.0 Å². The van der Waals surface area contributed by atoms with Crippen LogP contribution < -0.4 is 0 Å². The zero-order valence-electron chi connectivity index (χ0n) is 11.1. The van der Waals surface area contributed by atoms with Crippen LogP contribution in [0.4, 0.5) is 4.39 Å². The maximum Gasteiger partial charge on any atom is 0.310 e. The van der Waals surface area contributed by atoms with Crippen molar-refractivity contribution < 1.29 is 18.7 Å². The van der Waals surface area contributed by atoms with Gasteiger partial charge in [0.1, 0.15) is 5.82 Å². The first-order valence-electron chi connectivity index (χ1n) is 5.97. The standard InChI is InChI=1S/C15H13FO3S/c1-9-3-5-11(12(16)7-9)15(18)13-6-4-10(20-13)8-14(17)19-2/h3-7H,8H2,1-2H3. The first-order valence-corrected chi connectivity index (χ1v) is 6.79. The number of carbonyl (C=O) groups is 2. The van der Waals surface area contributed by atoms with Gasteiger partial charge in [-0.15, -0.1) is 11.3 Å². The van der Waals surface area contributed by atoms with Gasteiger partial charge in [0.25, 0.3) is 0 Å². The second kappa shape index (κ2) is 5.96. The molecule has 0 spiro atoms. The van der Waals surface area contributed by atoms with Crippen LogP contribution in [-0.4, -0.2) is 18.9 Å². The molecule has 104 valence electrons. The van der Waals surface area contributed by atoms with Gasteiger partial charge in [0.05, 0.1) is 24.0 Å². The highest BCUT2D eigenvalue weighted by Gasteiger charge is 2.17. The summed E-state index contributed by atoms with van der Waals surface area (Å²) in [5.74, 6) is -1.27. The molecule has 0 radical (unpaired) electrons. The topological polar surface area (TPSA) is 43.4 Å². The van der Waals surface area contributed by atoms with E-state index >= 15 is 0 Å². The molecule has 20 heavy (non-hydrogen) atoms.